The molecular formula is C26H32FN5OS. The van der Waals surface area contributed by atoms with Gasteiger partial charge in [0.1, 0.15) is 5.82 Å². The van der Waals surface area contributed by atoms with Crippen molar-refractivity contribution in [1.29, 1.82) is 0 Å². The summed E-state index contributed by atoms with van der Waals surface area (Å²) in [5, 5.41) is 9.77. The van der Waals surface area contributed by atoms with Gasteiger partial charge in [0.05, 0.1) is 11.8 Å². The van der Waals surface area contributed by atoms with Gasteiger partial charge in [-0.05, 0) is 69.6 Å². The Morgan fingerprint density at radius 2 is 1.85 bits per heavy atom. The predicted molar refractivity (Wildman–Crippen MR) is 133 cm³/mol. The van der Waals surface area contributed by atoms with E-state index in [1.165, 1.54) is 43.2 Å². The highest BCUT2D eigenvalue weighted by Crippen LogP contribution is 2.29. The fourth-order valence-corrected chi connectivity index (χ4v) is 5.25. The van der Waals surface area contributed by atoms with Crippen LogP contribution in [-0.2, 0) is 11.3 Å². The topological polar surface area (TPSA) is 54.3 Å². The molecule has 6 nitrogen and oxygen atoms in total. The Hall–Kier alpha value is -2.71. The van der Waals surface area contributed by atoms with Crippen molar-refractivity contribution in [3.05, 3.63) is 71.8 Å². The van der Waals surface area contributed by atoms with Crippen LogP contribution in [0.25, 0.3) is 5.69 Å². The van der Waals surface area contributed by atoms with Crippen molar-refractivity contribution in [2.45, 2.75) is 50.9 Å². The molecule has 0 spiro atoms. The van der Waals surface area contributed by atoms with Gasteiger partial charge in [-0.25, -0.2) is 4.39 Å². The van der Waals surface area contributed by atoms with Gasteiger partial charge < -0.3 is 4.90 Å². The number of carbonyl (C=O) groups is 1. The second-order valence-corrected chi connectivity index (χ2v) is 9.55. The van der Waals surface area contributed by atoms with E-state index in [1.54, 1.807) is 11.0 Å². The van der Waals surface area contributed by atoms with Crippen molar-refractivity contribution in [2.75, 3.05) is 25.4 Å². The lowest BCUT2D eigenvalue weighted by atomic mass is 10.1. The van der Waals surface area contributed by atoms with Gasteiger partial charge in [-0.1, -0.05) is 48.5 Å². The lowest BCUT2D eigenvalue weighted by Gasteiger charge is -2.31. The lowest BCUT2D eigenvalue weighted by Crippen LogP contribution is -2.33. The zero-order valence-electron chi connectivity index (χ0n) is 19.9. The van der Waals surface area contributed by atoms with Crippen molar-refractivity contribution >= 4 is 17.7 Å². The minimum Gasteiger partial charge on any atom is -0.338 e. The average Bonchev–Trinajstić information content (AvgIpc) is 3.30. The molecule has 1 aromatic heterocycles. The average molecular weight is 482 g/mol. The van der Waals surface area contributed by atoms with Crippen molar-refractivity contribution in [3.63, 3.8) is 0 Å². The van der Waals surface area contributed by atoms with Crippen LogP contribution in [0, 0.1) is 5.82 Å². The van der Waals surface area contributed by atoms with Crippen LogP contribution in [0.15, 0.2) is 59.8 Å². The summed E-state index contributed by atoms with van der Waals surface area (Å²) < 4.78 is 15.7. The van der Waals surface area contributed by atoms with Crippen LogP contribution in [0.2, 0.25) is 0 Å². The molecule has 34 heavy (non-hydrogen) atoms. The normalized spacial score (nSPS) is 15.3. The van der Waals surface area contributed by atoms with E-state index in [9.17, 15) is 9.18 Å². The summed E-state index contributed by atoms with van der Waals surface area (Å²) in [4.78, 5) is 17.2. The fourth-order valence-electron chi connectivity index (χ4n) is 4.38. The molecule has 2 aromatic carbocycles. The number of hydrogen-bond donors (Lipinski definition) is 0. The molecule has 1 aliphatic rings. The lowest BCUT2D eigenvalue weighted by molar-refractivity contribution is -0.128. The summed E-state index contributed by atoms with van der Waals surface area (Å²) in [5.74, 6) is 0.841. The SMILES string of the molecule is CCN(Cc1cccc(F)c1)C(=O)CSc1nnc([C@H](C)N2CCCCC2)n1-c1ccccc1. The first-order valence-corrected chi connectivity index (χ1v) is 12.9. The number of amides is 1. The molecular weight excluding hydrogens is 449 g/mol. The minimum atomic E-state index is -0.290. The van der Waals surface area contributed by atoms with Gasteiger partial charge in [0.2, 0.25) is 5.91 Å². The molecule has 0 aliphatic carbocycles. The van der Waals surface area contributed by atoms with Crippen molar-refractivity contribution in [3.8, 4) is 5.69 Å². The van der Waals surface area contributed by atoms with Gasteiger partial charge in [-0.2, -0.15) is 0 Å². The summed E-state index contributed by atoms with van der Waals surface area (Å²) in [7, 11) is 0. The van der Waals surface area contributed by atoms with E-state index < -0.39 is 0 Å². The molecule has 1 aliphatic heterocycles. The third-order valence-electron chi connectivity index (χ3n) is 6.31. The molecule has 3 aromatic rings. The van der Waals surface area contributed by atoms with Crippen LogP contribution >= 0.6 is 11.8 Å². The number of thioether (sulfide) groups is 1. The second-order valence-electron chi connectivity index (χ2n) is 8.61. The van der Waals surface area contributed by atoms with Crippen LogP contribution in [0.4, 0.5) is 4.39 Å². The van der Waals surface area contributed by atoms with Crippen LogP contribution < -0.4 is 0 Å². The monoisotopic (exact) mass is 481 g/mol. The number of para-hydroxylation sites is 1. The number of nitrogens with zero attached hydrogens (tertiary/aromatic N) is 5. The van der Waals surface area contributed by atoms with Gasteiger partial charge in [-0.15, -0.1) is 10.2 Å². The second kappa shape index (κ2) is 11.6. The summed E-state index contributed by atoms with van der Waals surface area (Å²) in [6.45, 7) is 7.19. The Morgan fingerprint density at radius 3 is 2.56 bits per heavy atom. The Kier molecular flexibility index (Phi) is 8.34. The molecule has 1 amide bonds. The molecule has 0 unspecified atom stereocenters. The van der Waals surface area contributed by atoms with Crippen LogP contribution in [-0.4, -0.2) is 55.9 Å². The van der Waals surface area contributed by atoms with E-state index in [2.05, 4.69) is 26.6 Å². The number of piperidine rings is 1. The largest absolute Gasteiger partial charge is 0.338 e. The molecule has 4 rings (SSSR count). The highest BCUT2D eigenvalue weighted by molar-refractivity contribution is 7.99. The Balaban J connectivity index is 1.52. The number of carbonyl (C=O) groups excluding carboxylic acids is 1. The smallest absolute Gasteiger partial charge is 0.233 e. The quantitative estimate of drug-likeness (QED) is 0.398. The fraction of sp³-hybridized carbons (Fsp3) is 0.423. The van der Waals surface area contributed by atoms with Crippen LogP contribution in [0.3, 0.4) is 0 Å². The van der Waals surface area contributed by atoms with Gasteiger partial charge in [-0.3, -0.25) is 14.3 Å². The van der Waals surface area contributed by atoms with Gasteiger partial charge in [0, 0.05) is 18.8 Å². The standard InChI is InChI=1S/C26H32FN5OS/c1-3-30(18-21-11-10-12-22(27)17-21)24(33)19-34-26-29-28-25(20(2)31-15-8-5-9-16-31)32(26)23-13-6-4-7-14-23/h4,6-7,10-14,17,20H,3,5,8-9,15-16,18-19H2,1-2H3/t20-/m0/s1. The Morgan fingerprint density at radius 1 is 1.09 bits per heavy atom. The molecule has 0 saturated carbocycles. The number of rotatable bonds is 9. The number of benzene rings is 2. The maximum atomic E-state index is 13.6. The first-order chi connectivity index (χ1) is 16.6. The van der Waals surface area contributed by atoms with Gasteiger partial charge in [0.25, 0.3) is 0 Å². The highest BCUT2D eigenvalue weighted by atomic mass is 32.2. The van der Waals surface area contributed by atoms with Crippen LogP contribution in [0.5, 0.6) is 0 Å². The van der Waals surface area contributed by atoms with Crippen LogP contribution in [0.1, 0.15) is 50.5 Å². The van der Waals surface area contributed by atoms with Gasteiger partial charge >= 0.3 is 0 Å². The summed E-state index contributed by atoms with van der Waals surface area (Å²) >= 11 is 1.40. The maximum Gasteiger partial charge on any atom is 0.233 e. The zero-order chi connectivity index (χ0) is 23.9. The number of hydrogen-bond acceptors (Lipinski definition) is 5. The summed E-state index contributed by atoms with van der Waals surface area (Å²) in [6.07, 6.45) is 3.69. The zero-order valence-corrected chi connectivity index (χ0v) is 20.7. The molecule has 2 heterocycles. The molecule has 0 bridgehead atoms. The minimum absolute atomic E-state index is 0.00926. The Labute approximate surface area is 205 Å². The van der Waals surface area contributed by atoms with E-state index >= 15 is 0 Å². The van der Waals surface area contributed by atoms with E-state index in [0.717, 1.165) is 30.2 Å². The maximum absolute atomic E-state index is 13.6. The molecule has 1 atom stereocenters. The molecule has 180 valence electrons. The number of likely N-dealkylation sites (tertiary alicyclic amines) is 1. The van der Waals surface area contributed by atoms with Crippen molar-refractivity contribution in [2.24, 2.45) is 0 Å². The third-order valence-corrected chi connectivity index (χ3v) is 7.22. The molecule has 1 fully saturated rings. The third kappa shape index (κ3) is 5.85. The molecule has 0 N–H and O–H groups in total. The Bertz CT molecular complexity index is 1080. The highest BCUT2D eigenvalue weighted by Gasteiger charge is 2.26. The first kappa shape index (κ1) is 24.4. The predicted octanol–water partition coefficient (Wildman–Crippen LogP) is 5.09. The van der Waals surface area contributed by atoms with E-state index in [0.29, 0.717) is 18.2 Å². The van der Waals surface area contributed by atoms with Crippen molar-refractivity contribution in [1.82, 2.24) is 24.6 Å². The van der Waals surface area contributed by atoms with E-state index in [4.69, 9.17) is 0 Å². The number of aromatic nitrogens is 3. The molecule has 1 saturated heterocycles. The van der Waals surface area contributed by atoms with E-state index in [1.807, 2.05) is 43.3 Å². The summed E-state index contributed by atoms with van der Waals surface area (Å²) in [5.41, 5.74) is 1.78. The first-order valence-electron chi connectivity index (χ1n) is 12.0. The molecule has 0 radical (unpaired) electrons. The van der Waals surface area contributed by atoms with E-state index in [-0.39, 0.29) is 23.5 Å². The molecule has 8 heteroatoms. The van der Waals surface area contributed by atoms with Gasteiger partial charge in [0.15, 0.2) is 11.0 Å². The van der Waals surface area contributed by atoms with Crippen molar-refractivity contribution < 1.29 is 9.18 Å². The summed E-state index contributed by atoms with van der Waals surface area (Å²) in [6, 6.07) is 16.6. The number of halogens is 1.